The Bertz CT molecular complexity index is 279. The molecule has 0 amide bonds. The zero-order valence-electron chi connectivity index (χ0n) is 15.2. The highest BCUT2D eigenvalue weighted by Gasteiger charge is 2.18. The predicted octanol–water partition coefficient (Wildman–Crippen LogP) is 6.46. The first kappa shape index (κ1) is 19.5. The van der Waals surface area contributed by atoms with Crippen molar-refractivity contribution in [2.24, 2.45) is 5.92 Å². The van der Waals surface area contributed by atoms with Crippen molar-refractivity contribution in [2.45, 2.75) is 116 Å². The normalized spacial score (nSPS) is 19.6. The molecule has 1 rings (SSSR count). The van der Waals surface area contributed by atoms with Crippen molar-refractivity contribution < 1.29 is 4.74 Å². The van der Waals surface area contributed by atoms with Crippen LogP contribution in [0.3, 0.4) is 0 Å². The number of hydrogen-bond acceptors (Lipinski definition) is 1. The molecule has 0 aromatic heterocycles. The Morgan fingerprint density at radius 3 is 2.09 bits per heavy atom. The molecule has 22 heavy (non-hydrogen) atoms. The number of unbranched alkanes of at least 4 members (excludes halogenated alkanes) is 6. The third-order valence-corrected chi connectivity index (χ3v) is 5.10. The molecule has 1 saturated carbocycles. The summed E-state index contributed by atoms with van der Waals surface area (Å²) in [4.78, 5) is 0. The topological polar surface area (TPSA) is 26.1 Å². The standard InChI is InChI=1S/C20H39NO/c1-3-4-5-6-7-9-12-15-19(2)18-21(22)20-16-13-10-8-11-14-17-20/h18-20H,3-17H2,1-2H3. The Labute approximate surface area is 139 Å². The van der Waals surface area contributed by atoms with Gasteiger partial charge in [0.25, 0.3) is 0 Å². The molecule has 1 fully saturated rings. The van der Waals surface area contributed by atoms with Crippen molar-refractivity contribution in [3.63, 3.8) is 0 Å². The maximum absolute atomic E-state index is 12.3. The Morgan fingerprint density at radius 1 is 0.909 bits per heavy atom. The first-order chi connectivity index (χ1) is 10.7. The molecular formula is C20H39NO. The molecule has 130 valence electrons. The first-order valence-electron chi connectivity index (χ1n) is 10.0. The Morgan fingerprint density at radius 2 is 1.45 bits per heavy atom. The molecule has 0 heterocycles. The maximum atomic E-state index is 12.3. The molecule has 0 aromatic rings. The highest BCUT2D eigenvalue weighted by atomic mass is 16.5. The van der Waals surface area contributed by atoms with Crippen LogP contribution in [0.5, 0.6) is 0 Å². The summed E-state index contributed by atoms with van der Waals surface area (Å²) < 4.78 is 1.32. The van der Waals surface area contributed by atoms with Gasteiger partial charge in [0.05, 0.1) is 0 Å². The molecule has 1 aliphatic rings. The fraction of sp³-hybridized carbons (Fsp3) is 0.950. The molecule has 1 aliphatic carbocycles. The van der Waals surface area contributed by atoms with Gasteiger partial charge in [-0.25, -0.2) is 4.74 Å². The van der Waals surface area contributed by atoms with Gasteiger partial charge in [-0.1, -0.05) is 78.1 Å². The van der Waals surface area contributed by atoms with Crippen LogP contribution < -0.4 is 0 Å². The second-order valence-corrected chi connectivity index (χ2v) is 7.40. The van der Waals surface area contributed by atoms with Gasteiger partial charge >= 0.3 is 0 Å². The second-order valence-electron chi connectivity index (χ2n) is 7.40. The van der Waals surface area contributed by atoms with Crippen molar-refractivity contribution in [1.29, 1.82) is 0 Å². The van der Waals surface area contributed by atoms with Gasteiger partial charge in [-0.05, 0) is 19.3 Å². The molecular weight excluding hydrogens is 270 g/mol. The summed E-state index contributed by atoms with van der Waals surface area (Å²) >= 11 is 0. The van der Waals surface area contributed by atoms with Gasteiger partial charge in [0.1, 0.15) is 0 Å². The second kappa shape index (κ2) is 13.0. The number of hydroxylamine groups is 1. The zero-order valence-corrected chi connectivity index (χ0v) is 15.2. The molecule has 1 atom stereocenters. The van der Waals surface area contributed by atoms with Crippen molar-refractivity contribution in [1.82, 2.24) is 0 Å². The van der Waals surface area contributed by atoms with Crippen LogP contribution in [0.2, 0.25) is 0 Å². The summed E-state index contributed by atoms with van der Waals surface area (Å²) in [6.07, 6.45) is 21.3. The number of rotatable bonds is 10. The quantitative estimate of drug-likeness (QED) is 0.149. The monoisotopic (exact) mass is 309 g/mol. The van der Waals surface area contributed by atoms with E-state index in [1.54, 1.807) is 0 Å². The van der Waals surface area contributed by atoms with Crippen LogP contribution in [-0.4, -0.2) is 17.0 Å². The van der Waals surface area contributed by atoms with Gasteiger partial charge in [0.15, 0.2) is 12.3 Å². The number of nitrogens with zero attached hydrogens (tertiary/aromatic N) is 1. The van der Waals surface area contributed by atoms with Gasteiger partial charge in [-0.2, -0.15) is 0 Å². The predicted molar refractivity (Wildman–Crippen MR) is 97.6 cm³/mol. The molecule has 0 N–H and O–H groups in total. The molecule has 0 saturated heterocycles. The van der Waals surface area contributed by atoms with Gasteiger partial charge in [0, 0.05) is 18.8 Å². The van der Waals surface area contributed by atoms with Crippen LogP contribution in [0.25, 0.3) is 0 Å². The molecule has 0 spiro atoms. The molecule has 1 unspecified atom stereocenters. The van der Waals surface area contributed by atoms with E-state index in [0.29, 0.717) is 5.92 Å². The lowest BCUT2D eigenvalue weighted by molar-refractivity contribution is -0.501. The van der Waals surface area contributed by atoms with Crippen molar-refractivity contribution in [2.75, 3.05) is 0 Å². The SMILES string of the molecule is CCCCCCCCCC(C)C=[N+]([O-])C1CCCCCCC1. The lowest BCUT2D eigenvalue weighted by Gasteiger charge is -2.20. The third kappa shape index (κ3) is 9.48. The van der Waals surface area contributed by atoms with E-state index < -0.39 is 0 Å². The Balaban J connectivity index is 2.16. The van der Waals surface area contributed by atoms with E-state index in [4.69, 9.17) is 0 Å². The summed E-state index contributed by atoms with van der Waals surface area (Å²) in [5.41, 5.74) is 0. The highest BCUT2D eigenvalue weighted by Crippen LogP contribution is 2.19. The Kier molecular flexibility index (Phi) is 11.5. The van der Waals surface area contributed by atoms with E-state index in [2.05, 4.69) is 13.8 Å². The van der Waals surface area contributed by atoms with Crippen LogP contribution in [0.1, 0.15) is 110 Å². The molecule has 0 aliphatic heterocycles. The van der Waals surface area contributed by atoms with Gasteiger partial charge in [-0.15, -0.1) is 0 Å². The van der Waals surface area contributed by atoms with Crippen LogP contribution in [0, 0.1) is 11.1 Å². The minimum absolute atomic E-state index is 0.261. The van der Waals surface area contributed by atoms with E-state index in [0.717, 1.165) is 12.8 Å². The van der Waals surface area contributed by atoms with E-state index in [1.165, 1.54) is 88.2 Å². The lowest BCUT2D eigenvalue weighted by Crippen LogP contribution is -2.25. The lowest BCUT2D eigenvalue weighted by atomic mass is 9.96. The third-order valence-electron chi connectivity index (χ3n) is 5.10. The van der Waals surface area contributed by atoms with Gasteiger partial charge in [0.2, 0.25) is 0 Å². The fourth-order valence-corrected chi connectivity index (χ4v) is 3.56. The Hall–Kier alpha value is -0.530. The largest absolute Gasteiger partial charge is 0.624 e. The minimum Gasteiger partial charge on any atom is -0.624 e. The molecule has 2 heteroatoms. The number of hydrogen-bond donors (Lipinski definition) is 0. The van der Waals surface area contributed by atoms with Crippen LogP contribution in [0.15, 0.2) is 0 Å². The van der Waals surface area contributed by atoms with E-state index in [9.17, 15) is 5.21 Å². The van der Waals surface area contributed by atoms with E-state index in [-0.39, 0.29) is 6.04 Å². The summed E-state index contributed by atoms with van der Waals surface area (Å²) in [7, 11) is 0. The van der Waals surface area contributed by atoms with Crippen molar-refractivity contribution in [3.8, 4) is 0 Å². The van der Waals surface area contributed by atoms with Crippen LogP contribution >= 0.6 is 0 Å². The first-order valence-corrected chi connectivity index (χ1v) is 10.0. The van der Waals surface area contributed by atoms with E-state index in [1.807, 2.05) is 6.21 Å². The summed E-state index contributed by atoms with van der Waals surface area (Å²) in [6, 6.07) is 0.261. The average Bonchev–Trinajstić information content (AvgIpc) is 2.45. The van der Waals surface area contributed by atoms with Crippen molar-refractivity contribution in [3.05, 3.63) is 5.21 Å². The molecule has 0 radical (unpaired) electrons. The molecule has 2 nitrogen and oxygen atoms in total. The van der Waals surface area contributed by atoms with Gasteiger partial charge < -0.3 is 5.21 Å². The maximum Gasteiger partial charge on any atom is 0.162 e. The van der Waals surface area contributed by atoms with Gasteiger partial charge in [-0.3, -0.25) is 0 Å². The van der Waals surface area contributed by atoms with Crippen LogP contribution in [0.4, 0.5) is 0 Å². The fourth-order valence-electron chi connectivity index (χ4n) is 3.56. The zero-order chi connectivity index (χ0) is 16.0. The summed E-state index contributed by atoms with van der Waals surface area (Å²) in [6.45, 7) is 4.48. The highest BCUT2D eigenvalue weighted by molar-refractivity contribution is 5.54. The summed E-state index contributed by atoms with van der Waals surface area (Å²) in [5.74, 6) is 0.443. The minimum atomic E-state index is 0.261. The molecule has 0 bridgehead atoms. The smallest absolute Gasteiger partial charge is 0.162 e. The molecule has 0 aromatic carbocycles. The van der Waals surface area contributed by atoms with Crippen LogP contribution in [-0.2, 0) is 0 Å². The van der Waals surface area contributed by atoms with E-state index >= 15 is 0 Å². The average molecular weight is 310 g/mol. The van der Waals surface area contributed by atoms with Crippen molar-refractivity contribution >= 4 is 6.21 Å². The summed E-state index contributed by atoms with van der Waals surface area (Å²) in [5, 5.41) is 12.3.